The van der Waals surface area contributed by atoms with Crippen LogP contribution in [0.3, 0.4) is 0 Å². The molecule has 3 rings (SSSR count). The number of fused-ring (bicyclic) bond motifs is 1. The summed E-state index contributed by atoms with van der Waals surface area (Å²) in [4.78, 5) is 20.2. The summed E-state index contributed by atoms with van der Waals surface area (Å²) in [6, 6.07) is 1.95. The van der Waals surface area contributed by atoms with Gasteiger partial charge in [0.2, 0.25) is 0 Å². The summed E-state index contributed by atoms with van der Waals surface area (Å²) in [5.41, 5.74) is 1.42. The molecule has 0 fully saturated rings. The van der Waals surface area contributed by atoms with Crippen molar-refractivity contribution in [2.24, 2.45) is 0 Å². The Bertz CT molecular complexity index is 620. The minimum atomic E-state index is -0.0926. The van der Waals surface area contributed by atoms with Crippen molar-refractivity contribution in [3.63, 3.8) is 0 Å². The fraction of sp³-hybridized carbons (Fsp3) is 0.273. The van der Waals surface area contributed by atoms with Gasteiger partial charge in [-0.1, -0.05) is 0 Å². The predicted octanol–water partition coefficient (Wildman–Crippen LogP) is 2.33. The van der Waals surface area contributed by atoms with Gasteiger partial charge in [-0.3, -0.25) is 4.79 Å². The Morgan fingerprint density at radius 3 is 3.18 bits per heavy atom. The lowest BCUT2D eigenvalue weighted by molar-refractivity contribution is 0.108. The molecule has 0 atom stereocenters. The quantitative estimate of drug-likeness (QED) is 0.879. The highest BCUT2D eigenvalue weighted by atomic mass is 79.9. The van der Waals surface area contributed by atoms with Crippen molar-refractivity contribution >= 4 is 27.3 Å². The second kappa shape index (κ2) is 4.36. The van der Waals surface area contributed by atoms with Crippen LogP contribution in [0.15, 0.2) is 20.7 Å². The third-order valence-corrected chi connectivity index (χ3v) is 4.51. The van der Waals surface area contributed by atoms with Crippen LogP contribution in [-0.4, -0.2) is 16.6 Å². The number of halogens is 1. The molecule has 6 heteroatoms. The van der Waals surface area contributed by atoms with Gasteiger partial charge in [0.05, 0.1) is 29.3 Å². The van der Waals surface area contributed by atoms with Gasteiger partial charge in [0, 0.05) is 10.9 Å². The first-order chi connectivity index (χ1) is 8.25. The summed E-state index contributed by atoms with van der Waals surface area (Å²) in [7, 11) is 0. The number of hydrogen-bond acceptors (Lipinski definition) is 4. The molecule has 88 valence electrons. The van der Waals surface area contributed by atoms with E-state index < -0.39 is 0 Å². The van der Waals surface area contributed by atoms with E-state index in [0.29, 0.717) is 31.0 Å². The van der Waals surface area contributed by atoms with Crippen molar-refractivity contribution in [3.05, 3.63) is 37.5 Å². The van der Waals surface area contributed by atoms with Crippen LogP contribution >= 0.6 is 27.3 Å². The average molecular weight is 313 g/mol. The molecule has 2 aromatic heterocycles. The summed E-state index contributed by atoms with van der Waals surface area (Å²) in [6.07, 6.45) is 0.704. The first kappa shape index (κ1) is 11.1. The van der Waals surface area contributed by atoms with Crippen LogP contribution in [0.25, 0.3) is 10.7 Å². The van der Waals surface area contributed by atoms with Crippen molar-refractivity contribution in [1.29, 1.82) is 0 Å². The molecule has 0 aliphatic carbocycles. The number of rotatable bonds is 1. The van der Waals surface area contributed by atoms with Crippen LogP contribution in [0.2, 0.25) is 0 Å². The zero-order valence-electron chi connectivity index (χ0n) is 8.83. The first-order valence-electron chi connectivity index (χ1n) is 5.19. The van der Waals surface area contributed by atoms with Gasteiger partial charge in [-0.15, -0.1) is 11.3 Å². The standard InChI is InChI=1S/C11H9BrN2O2S/c12-7-2-4-17-9(7)10-13-8-1-3-16-5-6(8)11(15)14-10/h2,4H,1,3,5H2,(H,13,14,15). The van der Waals surface area contributed by atoms with Crippen LogP contribution in [-0.2, 0) is 17.8 Å². The largest absolute Gasteiger partial charge is 0.376 e. The monoisotopic (exact) mass is 312 g/mol. The van der Waals surface area contributed by atoms with Gasteiger partial charge in [0.1, 0.15) is 0 Å². The van der Waals surface area contributed by atoms with Crippen molar-refractivity contribution in [2.45, 2.75) is 13.0 Å². The van der Waals surface area contributed by atoms with E-state index in [4.69, 9.17) is 4.74 Å². The zero-order valence-corrected chi connectivity index (χ0v) is 11.2. The topological polar surface area (TPSA) is 55.0 Å². The lowest BCUT2D eigenvalue weighted by Crippen LogP contribution is -2.24. The van der Waals surface area contributed by atoms with E-state index in [1.54, 1.807) is 11.3 Å². The summed E-state index contributed by atoms with van der Waals surface area (Å²) in [5, 5.41) is 1.96. The highest BCUT2D eigenvalue weighted by molar-refractivity contribution is 9.10. The van der Waals surface area contributed by atoms with E-state index in [1.165, 1.54) is 0 Å². The molecule has 3 heterocycles. The van der Waals surface area contributed by atoms with Gasteiger partial charge in [-0.25, -0.2) is 4.98 Å². The van der Waals surface area contributed by atoms with Gasteiger partial charge in [-0.05, 0) is 27.4 Å². The number of aromatic nitrogens is 2. The molecule has 0 saturated heterocycles. The van der Waals surface area contributed by atoms with Gasteiger partial charge < -0.3 is 9.72 Å². The smallest absolute Gasteiger partial charge is 0.256 e. The number of thiophene rings is 1. The lowest BCUT2D eigenvalue weighted by atomic mass is 10.1. The molecular weight excluding hydrogens is 304 g/mol. The SMILES string of the molecule is O=c1[nH]c(-c2sccc2Br)nc2c1COCC2. The summed E-state index contributed by atoms with van der Waals surface area (Å²) >= 11 is 5.00. The minimum absolute atomic E-state index is 0.0926. The van der Waals surface area contributed by atoms with Crippen LogP contribution in [0.1, 0.15) is 11.3 Å². The van der Waals surface area contributed by atoms with Crippen molar-refractivity contribution in [1.82, 2.24) is 9.97 Å². The number of nitrogens with one attached hydrogen (secondary N) is 1. The molecule has 0 saturated carbocycles. The van der Waals surface area contributed by atoms with E-state index in [1.807, 2.05) is 11.4 Å². The molecule has 0 unspecified atom stereocenters. The van der Waals surface area contributed by atoms with Crippen molar-refractivity contribution < 1.29 is 4.74 Å². The van der Waals surface area contributed by atoms with Crippen LogP contribution in [0.5, 0.6) is 0 Å². The highest BCUT2D eigenvalue weighted by Crippen LogP contribution is 2.31. The summed E-state index contributed by atoms with van der Waals surface area (Å²) in [6.45, 7) is 0.998. The maximum Gasteiger partial charge on any atom is 0.256 e. The maximum absolute atomic E-state index is 11.9. The van der Waals surface area contributed by atoms with Gasteiger partial charge >= 0.3 is 0 Å². The molecule has 4 nitrogen and oxygen atoms in total. The Morgan fingerprint density at radius 1 is 1.53 bits per heavy atom. The van der Waals surface area contributed by atoms with Crippen LogP contribution < -0.4 is 5.56 Å². The van der Waals surface area contributed by atoms with Gasteiger partial charge in [-0.2, -0.15) is 0 Å². The molecule has 0 radical (unpaired) electrons. The molecule has 0 aromatic carbocycles. The van der Waals surface area contributed by atoms with Gasteiger partial charge in [0.15, 0.2) is 5.82 Å². The predicted molar refractivity (Wildman–Crippen MR) is 69.2 cm³/mol. The second-order valence-corrected chi connectivity index (χ2v) is 5.51. The number of nitrogens with zero attached hydrogens (tertiary/aromatic N) is 1. The van der Waals surface area contributed by atoms with E-state index in [0.717, 1.165) is 15.0 Å². The third kappa shape index (κ3) is 1.96. The fourth-order valence-electron chi connectivity index (χ4n) is 1.81. The molecule has 2 aromatic rings. The number of H-pyrrole nitrogens is 1. The van der Waals surface area contributed by atoms with E-state index in [2.05, 4.69) is 25.9 Å². The molecule has 0 bridgehead atoms. The number of aromatic amines is 1. The number of ether oxygens (including phenoxy) is 1. The van der Waals surface area contributed by atoms with Crippen molar-refractivity contribution in [3.8, 4) is 10.7 Å². The Morgan fingerprint density at radius 2 is 2.41 bits per heavy atom. The first-order valence-corrected chi connectivity index (χ1v) is 6.86. The Labute approximate surface area is 110 Å². The molecule has 1 aliphatic heterocycles. The Balaban J connectivity index is 2.17. The molecular formula is C11H9BrN2O2S. The molecule has 17 heavy (non-hydrogen) atoms. The lowest BCUT2D eigenvalue weighted by Gasteiger charge is -2.15. The van der Waals surface area contributed by atoms with E-state index in [9.17, 15) is 4.79 Å². The normalized spacial score (nSPS) is 14.6. The molecule has 0 amide bonds. The summed E-state index contributed by atoms with van der Waals surface area (Å²) in [5.74, 6) is 0.637. The fourth-order valence-corrected chi connectivity index (χ4v) is 3.32. The Hall–Kier alpha value is -0.980. The zero-order chi connectivity index (χ0) is 11.8. The third-order valence-electron chi connectivity index (χ3n) is 2.66. The van der Waals surface area contributed by atoms with Gasteiger partial charge in [0.25, 0.3) is 5.56 Å². The number of hydrogen-bond donors (Lipinski definition) is 1. The van der Waals surface area contributed by atoms with E-state index in [-0.39, 0.29) is 5.56 Å². The van der Waals surface area contributed by atoms with Crippen LogP contribution in [0.4, 0.5) is 0 Å². The maximum atomic E-state index is 11.9. The molecule has 0 spiro atoms. The highest BCUT2D eigenvalue weighted by Gasteiger charge is 2.17. The second-order valence-electron chi connectivity index (χ2n) is 3.74. The average Bonchev–Trinajstić information content (AvgIpc) is 2.75. The minimum Gasteiger partial charge on any atom is -0.376 e. The molecule has 1 N–H and O–H groups in total. The molecule has 1 aliphatic rings. The van der Waals surface area contributed by atoms with Crippen molar-refractivity contribution in [2.75, 3.05) is 6.61 Å². The summed E-state index contributed by atoms with van der Waals surface area (Å²) < 4.78 is 6.22. The van der Waals surface area contributed by atoms with E-state index >= 15 is 0 Å². The van der Waals surface area contributed by atoms with Crippen LogP contribution in [0, 0.1) is 0 Å². The Kier molecular flexibility index (Phi) is 2.85.